The molecule has 0 saturated heterocycles. The van der Waals surface area contributed by atoms with Crippen LogP contribution in [0.1, 0.15) is 15.9 Å². The molecular weight excluding hydrogens is 482 g/mol. The fourth-order valence-electron chi connectivity index (χ4n) is 4.02. The zero-order chi connectivity index (χ0) is 26.5. The van der Waals surface area contributed by atoms with Crippen LogP contribution in [-0.4, -0.2) is 55.0 Å². The Kier molecular flexibility index (Phi) is 7.95. The Morgan fingerprint density at radius 2 is 1.84 bits per heavy atom. The normalized spacial score (nSPS) is 12.1. The lowest BCUT2D eigenvalue weighted by Crippen LogP contribution is -2.46. The fourth-order valence-corrected chi connectivity index (χ4v) is 4.02. The standard InChI is InChI=1S/C28H26F2N2O5/c1-32(2)15-24(31-14-25(33)34)27(35)19-5-3-4-17(12-19)16-37-20-8-6-18(7-9-20)22-13-23(29)26(30)21-10-11-36-28(21)22/h3-13,24,31H,14-16H2,1-2H3,(H,33,34). The highest BCUT2D eigenvalue weighted by Crippen LogP contribution is 2.33. The molecule has 0 spiro atoms. The van der Waals surface area contributed by atoms with Crippen LogP contribution in [0.4, 0.5) is 8.78 Å². The van der Waals surface area contributed by atoms with Crippen molar-refractivity contribution in [2.45, 2.75) is 12.6 Å². The fraction of sp³-hybridized carbons (Fsp3) is 0.214. The maximum atomic E-state index is 14.0. The average molecular weight is 509 g/mol. The minimum Gasteiger partial charge on any atom is -0.489 e. The second-order valence-corrected chi connectivity index (χ2v) is 8.85. The van der Waals surface area contributed by atoms with Crippen LogP contribution in [0.2, 0.25) is 0 Å². The van der Waals surface area contributed by atoms with Crippen LogP contribution in [-0.2, 0) is 11.4 Å². The number of furan rings is 1. The molecule has 37 heavy (non-hydrogen) atoms. The predicted molar refractivity (Wildman–Crippen MR) is 135 cm³/mol. The van der Waals surface area contributed by atoms with Gasteiger partial charge in [0.1, 0.15) is 17.9 Å². The number of ketones is 1. The number of nitrogens with zero attached hydrogens (tertiary/aromatic N) is 1. The van der Waals surface area contributed by atoms with E-state index in [0.29, 0.717) is 29.0 Å². The smallest absolute Gasteiger partial charge is 0.317 e. The van der Waals surface area contributed by atoms with Gasteiger partial charge in [0.2, 0.25) is 0 Å². The number of hydrogen-bond acceptors (Lipinski definition) is 6. The highest BCUT2D eigenvalue weighted by Gasteiger charge is 2.22. The lowest BCUT2D eigenvalue weighted by atomic mass is 10.0. The number of rotatable bonds is 11. The van der Waals surface area contributed by atoms with E-state index in [1.165, 1.54) is 12.3 Å². The van der Waals surface area contributed by atoms with Crippen molar-refractivity contribution < 1.29 is 32.6 Å². The van der Waals surface area contributed by atoms with Gasteiger partial charge in [-0.05, 0) is 55.6 Å². The summed E-state index contributed by atoms with van der Waals surface area (Å²) < 4.78 is 39.3. The van der Waals surface area contributed by atoms with Crippen LogP contribution in [0.15, 0.2) is 71.3 Å². The van der Waals surface area contributed by atoms with Gasteiger partial charge in [-0.15, -0.1) is 0 Å². The molecule has 0 saturated carbocycles. The lowest BCUT2D eigenvalue weighted by molar-refractivity contribution is -0.136. The van der Waals surface area contributed by atoms with Crippen LogP contribution in [0.3, 0.4) is 0 Å². The summed E-state index contributed by atoms with van der Waals surface area (Å²) in [6.45, 7) is 0.218. The number of carboxylic acids is 1. The highest BCUT2D eigenvalue weighted by atomic mass is 19.2. The summed E-state index contributed by atoms with van der Waals surface area (Å²) in [5.41, 5.74) is 2.54. The van der Waals surface area contributed by atoms with Crippen molar-refractivity contribution in [1.82, 2.24) is 10.2 Å². The first-order valence-electron chi connectivity index (χ1n) is 11.5. The maximum absolute atomic E-state index is 14.0. The van der Waals surface area contributed by atoms with E-state index in [9.17, 15) is 18.4 Å². The van der Waals surface area contributed by atoms with E-state index in [4.69, 9.17) is 14.3 Å². The minimum absolute atomic E-state index is 0.0794. The molecule has 0 aliphatic heterocycles. The molecule has 0 aliphatic carbocycles. The first-order valence-corrected chi connectivity index (χ1v) is 11.5. The van der Waals surface area contributed by atoms with Gasteiger partial charge in [-0.1, -0.05) is 30.3 Å². The summed E-state index contributed by atoms with van der Waals surface area (Å²) in [7, 11) is 3.62. The largest absolute Gasteiger partial charge is 0.489 e. The van der Waals surface area contributed by atoms with Crippen LogP contribution < -0.4 is 10.1 Å². The van der Waals surface area contributed by atoms with Gasteiger partial charge in [0, 0.05) is 17.7 Å². The molecule has 4 rings (SSSR count). The molecule has 0 aliphatic rings. The zero-order valence-electron chi connectivity index (χ0n) is 20.3. The highest BCUT2D eigenvalue weighted by molar-refractivity contribution is 6.00. The number of fused-ring (bicyclic) bond motifs is 1. The van der Waals surface area contributed by atoms with Crippen molar-refractivity contribution in [3.63, 3.8) is 0 Å². The van der Waals surface area contributed by atoms with E-state index in [1.807, 2.05) is 25.1 Å². The van der Waals surface area contributed by atoms with Gasteiger partial charge in [0.05, 0.1) is 24.2 Å². The molecule has 2 N–H and O–H groups in total. The van der Waals surface area contributed by atoms with Crippen molar-refractivity contribution in [2.24, 2.45) is 0 Å². The van der Waals surface area contributed by atoms with Crippen LogP contribution in [0.25, 0.3) is 22.1 Å². The monoisotopic (exact) mass is 508 g/mol. The summed E-state index contributed by atoms with van der Waals surface area (Å²) >= 11 is 0. The molecule has 0 bridgehead atoms. The van der Waals surface area contributed by atoms with E-state index >= 15 is 0 Å². The Morgan fingerprint density at radius 3 is 2.54 bits per heavy atom. The van der Waals surface area contributed by atoms with Gasteiger partial charge in [0.25, 0.3) is 0 Å². The molecule has 9 heteroatoms. The molecule has 192 valence electrons. The molecule has 3 aromatic carbocycles. The number of carbonyl (C=O) groups is 2. The number of halogens is 2. The second-order valence-electron chi connectivity index (χ2n) is 8.85. The Balaban J connectivity index is 1.45. The van der Waals surface area contributed by atoms with Crippen molar-refractivity contribution >= 4 is 22.7 Å². The first kappa shape index (κ1) is 26.0. The number of ether oxygens (including phenoxy) is 1. The molecule has 1 aromatic heterocycles. The third-order valence-electron chi connectivity index (χ3n) is 5.77. The molecule has 4 aromatic rings. The number of aliphatic carboxylic acids is 1. The molecular formula is C28H26F2N2O5. The van der Waals surface area contributed by atoms with Crippen molar-refractivity contribution in [3.05, 3.63) is 89.7 Å². The van der Waals surface area contributed by atoms with E-state index in [2.05, 4.69) is 5.32 Å². The summed E-state index contributed by atoms with van der Waals surface area (Å²) in [6, 6.07) is 15.7. The van der Waals surface area contributed by atoms with E-state index < -0.39 is 23.6 Å². The van der Waals surface area contributed by atoms with Gasteiger partial charge < -0.3 is 19.2 Å². The zero-order valence-corrected chi connectivity index (χ0v) is 20.3. The van der Waals surface area contributed by atoms with Gasteiger partial charge in [-0.2, -0.15) is 0 Å². The van der Waals surface area contributed by atoms with Crippen molar-refractivity contribution in [3.8, 4) is 16.9 Å². The predicted octanol–water partition coefficient (Wildman–Crippen LogP) is 4.74. The Bertz CT molecular complexity index is 1420. The number of carboxylic acid groups (broad SMARTS) is 1. The Hall–Kier alpha value is -4.08. The second kappa shape index (κ2) is 11.3. The van der Waals surface area contributed by atoms with Crippen molar-refractivity contribution in [2.75, 3.05) is 27.2 Å². The van der Waals surface area contributed by atoms with Crippen LogP contribution >= 0.6 is 0 Å². The molecule has 0 radical (unpaired) electrons. The topological polar surface area (TPSA) is 92.0 Å². The van der Waals surface area contributed by atoms with Gasteiger partial charge >= 0.3 is 5.97 Å². The summed E-state index contributed by atoms with van der Waals surface area (Å²) in [5.74, 6) is -2.60. The molecule has 1 unspecified atom stereocenters. The third-order valence-corrected chi connectivity index (χ3v) is 5.77. The first-order chi connectivity index (χ1) is 17.7. The van der Waals surface area contributed by atoms with Gasteiger partial charge in [-0.3, -0.25) is 14.9 Å². The van der Waals surface area contributed by atoms with Crippen LogP contribution in [0, 0.1) is 11.6 Å². The Labute approximate surface area is 212 Å². The molecule has 1 heterocycles. The third kappa shape index (κ3) is 6.19. The minimum atomic E-state index is -1.04. The molecule has 0 amide bonds. The molecule has 0 fully saturated rings. The summed E-state index contributed by atoms with van der Waals surface area (Å²) in [6.07, 6.45) is 1.32. The number of Topliss-reactive ketones (excluding diaryl/α,β-unsaturated/α-hetero) is 1. The molecule has 7 nitrogen and oxygen atoms in total. The average Bonchev–Trinajstić information content (AvgIpc) is 3.38. The van der Waals surface area contributed by atoms with E-state index in [0.717, 1.165) is 11.6 Å². The number of likely N-dealkylation sites (N-methyl/N-ethyl adjacent to an activating group) is 1. The number of carbonyl (C=O) groups excluding carboxylic acids is 1. The maximum Gasteiger partial charge on any atom is 0.317 e. The van der Waals surface area contributed by atoms with Gasteiger partial charge in [0.15, 0.2) is 17.4 Å². The quantitative estimate of drug-likeness (QED) is 0.283. The van der Waals surface area contributed by atoms with Crippen molar-refractivity contribution in [1.29, 1.82) is 0 Å². The van der Waals surface area contributed by atoms with Crippen LogP contribution in [0.5, 0.6) is 5.75 Å². The number of benzene rings is 3. The SMILES string of the molecule is CN(C)CC(NCC(=O)O)C(=O)c1cccc(COc2ccc(-c3cc(F)c(F)c4ccoc34)cc2)c1. The summed E-state index contributed by atoms with van der Waals surface area (Å²) in [5, 5.41) is 11.8. The van der Waals surface area contributed by atoms with E-state index in [1.54, 1.807) is 42.5 Å². The lowest BCUT2D eigenvalue weighted by Gasteiger charge is -2.21. The number of nitrogens with one attached hydrogen (secondary N) is 1. The Morgan fingerprint density at radius 1 is 1.08 bits per heavy atom. The van der Waals surface area contributed by atoms with E-state index in [-0.39, 0.29) is 29.9 Å². The summed E-state index contributed by atoms with van der Waals surface area (Å²) in [4.78, 5) is 25.8. The molecule has 1 atom stereocenters. The van der Waals surface area contributed by atoms with Gasteiger partial charge in [-0.25, -0.2) is 8.78 Å². The number of hydrogen-bond donors (Lipinski definition) is 2.